The van der Waals surface area contributed by atoms with Gasteiger partial charge < -0.3 is 0 Å². The standard InChI is InChI=1S/C10H10ClN/c1-3-8-6-10(11)5-4-9(8)7-12-2/h3-7H,1H2,2H3/b12-7+. The lowest BCUT2D eigenvalue weighted by molar-refractivity contribution is 1.46. The summed E-state index contributed by atoms with van der Waals surface area (Å²) in [5.41, 5.74) is 2.05. The van der Waals surface area contributed by atoms with Crippen LogP contribution in [-0.2, 0) is 0 Å². The van der Waals surface area contributed by atoms with Gasteiger partial charge in [-0.1, -0.05) is 30.3 Å². The molecule has 0 fully saturated rings. The molecule has 1 nitrogen and oxygen atoms in total. The van der Waals surface area contributed by atoms with Crippen molar-refractivity contribution in [3.8, 4) is 0 Å². The molecular weight excluding hydrogens is 170 g/mol. The molecule has 1 rings (SSSR count). The van der Waals surface area contributed by atoms with Crippen LogP contribution in [0, 0.1) is 0 Å². The van der Waals surface area contributed by atoms with Crippen LogP contribution in [0.2, 0.25) is 5.02 Å². The van der Waals surface area contributed by atoms with E-state index >= 15 is 0 Å². The van der Waals surface area contributed by atoms with Gasteiger partial charge in [-0.3, -0.25) is 4.99 Å². The van der Waals surface area contributed by atoms with Crippen LogP contribution >= 0.6 is 11.6 Å². The van der Waals surface area contributed by atoms with Gasteiger partial charge in [0, 0.05) is 18.3 Å². The number of halogens is 1. The normalized spacial score (nSPS) is 10.5. The molecule has 62 valence electrons. The Bertz CT molecular complexity index is 316. The second kappa shape index (κ2) is 4.07. The second-order valence-electron chi connectivity index (χ2n) is 2.36. The fourth-order valence-electron chi connectivity index (χ4n) is 0.979. The Morgan fingerprint density at radius 3 is 2.75 bits per heavy atom. The first kappa shape index (κ1) is 9.01. The molecule has 0 bridgehead atoms. The van der Waals surface area contributed by atoms with E-state index in [4.69, 9.17) is 11.6 Å². The Labute approximate surface area is 77.4 Å². The van der Waals surface area contributed by atoms with Crippen LogP contribution in [0.4, 0.5) is 0 Å². The van der Waals surface area contributed by atoms with Crippen LogP contribution in [0.3, 0.4) is 0 Å². The van der Waals surface area contributed by atoms with Crippen molar-refractivity contribution in [2.24, 2.45) is 4.99 Å². The van der Waals surface area contributed by atoms with E-state index in [9.17, 15) is 0 Å². The van der Waals surface area contributed by atoms with Crippen LogP contribution in [0.25, 0.3) is 6.08 Å². The highest BCUT2D eigenvalue weighted by Crippen LogP contribution is 2.15. The lowest BCUT2D eigenvalue weighted by Gasteiger charge is -1.99. The summed E-state index contributed by atoms with van der Waals surface area (Å²) in [6, 6.07) is 5.63. The maximum Gasteiger partial charge on any atom is 0.0412 e. The zero-order valence-electron chi connectivity index (χ0n) is 6.92. The van der Waals surface area contributed by atoms with Gasteiger partial charge in [0.15, 0.2) is 0 Å². The van der Waals surface area contributed by atoms with E-state index in [1.54, 1.807) is 19.3 Å². The van der Waals surface area contributed by atoms with Crippen molar-refractivity contribution >= 4 is 23.9 Å². The predicted octanol–water partition coefficient (Wildman–Crippen LogP) is 3.03. The van der Waals surface area contributed by atoms with Crippen LogP contribution in [0.15, 0.2) is 29.8 Å². The molecule has 0 atom stereocenters. The molecule has 0 amide bonds. The third-order valence-electron chi connectivity index (χ3n) is 1.54. The van der Waals surface area contributed by atoms with Gasteiger partial charge in [0.25, 0.3) is 0 Å². The van der Waals surface area contributed by atoms with Gasteiger partial charge in [-0.05, 0) is 23.3 Å². The quantitative estimate of drug-likeness (QED) is 0.619. The largest absolute Gasteiger partial charge is 0.296 e. The molecule has 0 saturated heterocycles. The van der Waals surface area contributed by atoms with Gasteiger partial charge in [0.2, 0.25) is 0 Å². The van der Waals surface area contributed by atoms with Gasteiger partial charge in [-0.15, -0.1) is 0 Å². The Hall–Kier alpha value is -1.08. The molecule has 0 aliphatic carbocycles. The summed E-state index contributed by atoms with van der Waals surface area (Å²) in [5.74, 6) is 0. The van der Waals surface area contributed by atoms with E-state index < -0.39 is 0 Å². The molecule has 1 aromatic carbocycles. The molecule has 0 unspecified atom stereocenters. The van der Waals surface area contributed by atoms with E-state index in [0.717, 1.165) is 16.1 Å². The minimum Gasteiger partial charge on any atom is -0.296 e. The number of benzene rings is 1. The van der Waals surface area contributed by atoms with Gasteiger partial charge >= 0.3 is 0 Å². The summed E-state index contributed by atoms with van der Waals surface area (Å²) in [5, 5.41) is 0.721. The van der Waals surface area contributed by atoms with Gasteiger partial charge in [-0.25, -0.2) is 0 Å². The number of nitrogens with zero attached hydrogens (tertiary/aromatic N) is 1. The molecule has 0 aromatic heterocycles. The lowest BCUT2D eigenvalue weighted by atomic mass is 10.1. The third-order valence-corrected chi connectivity index (χ3v) is 1.77. The van der Waals surface area contributed by atoms with Crippen LogP contribution < -0.4 is 0 Å². The van der Waals surface area contributed by atoms with Crippen molar-refractivity contribution in [2.75, 3.05) is 7.05 Å². The fourth-order valence-corrected chi connectivity index (χ4v) is 1.16. The molecule has 1 aromatic rings. The highest BCUT2D eigenvalue weighted by molar-refractivity contribution is 6.30. The summed E-state index contributed by atoms with van der Waals surface area (Å²) in [7, 11) is 1.74. The van der Waals surface area contributed by atoms with Gasteiger partial charge in [-0.2, -0.15) is 0 Å². The Balaban J connectivity index is 3.19. The van der Waals surface area contributed by atoms with E-state index in [1.807, 2.05) is 18.2 Å². The second-order valence-corrected chi connectivity index (χ2v) is 2.80. The Morgan fingerprint density at radius 2 is 2.17 bits per heavy atom. The van der Waals surface area contributed by atoms with E-state index in [-0.39, 0.29) is 0 Å². The highest BCUT2D eigenvalue weighted by atomic mass is 35.5. The summed E-state index contributed by atoms with van der Waals surface area (Å²) in [4.78, 5) is 3.93. The van der Waals surface area contributed by atoms with Crippen LogP contribution in [-0.4, -0.2) is 13.3 Å². The zero-order chi connectivity index (χ0) is 8.97. The predicted molar refractivity (Wildman–Crippen MR) is 55.1 cm³/mol. The first-order valence-corrected chi connectivity index (χ1v) is 4.00. The monoisotopic (exact) mass is 179 g/mol. The van der Waals surface area contributed by atoms with E-state index in [0.29, 0.717) is 0 Å². The lowest BCUT2D eigenvalue weighted by Crippen LogP contribution is -1.85. The van der Waals surface area contributed by atoms with Crippen molar-refractivity contribution in [3.63, 3.8) is 0 Å². The number of aliphatic imine (C=N–C) groups is 1. The Kier molecular flexibility index (Phi) is 3.06. The molecule has 2 heteroatoms. The maximum atomic E-state index is 5.80. The number of hydrogen-bond acceptors (Lipinski definition) is 1. The van der Waals surface area contributed by atoms with Crippen molar-refractivity contribution in [3.05, 3.63) is 40.9 Å². The van der Waals surface area contributed by atoms with Crippen molar-refractivity contribution < 1.29 is 0 Å². The average Bonchev–Trinajstić information content (AvgIpc) is 2.08. The SMILES string of the molecule is C=Cc1cc(Cl)ccc1/C=N/C. The smallest absolute Gasteiger partial charge is 0.0412 e. The topological polar surface area (TPSA) is 12.4 Å². The molecule has 0 saturated carbocycles. The van der Waals surface area contributed by atoms with E-state index in [1.165, 1.54) is 0 Å². The molecule has 0 N–H and O–H groups in total. The number of rotatable bonds is 2. The molecule has 0 aliphatic heterocycles. The molecule has 0 radical (unpaired) electrons. The van der Waals surface area contributed by atoms with E-state index in [2.05, 4.69) is 11.6 Å². The van der Waals surface area contributed by atoms with Crippen molar-refractivity contribution in [2.45, 2.75) is 0 Å². The van der Waals surface area contributed by atoms with Gasteiger partial charge in [0.1, 0.15) is 0 Å². The summed E-state index contributed by atoms with van der Waals surface area (Å²) in [6.45, 7) is 3.69. The highest BCUT2D eigenvalue weighted by Gasteiger charge is 1.96. The third kappa shape index (κ3) is 1.95. The van der Waals surface area contributed by atoms with Gasteiger partial charge in [0.05, 0.1) is 0 Å². The molecule has 0 aliphatic rings. The first-order valence-electron chi connectivity index (χ1n) is 3.62. The zero-order valence-corrected chi connectivity index (χ0v) is 7.67. The van der Waals surface area contributed by atoms with Crippen LogP contribution in [0.1, 0.15) is 11.1 Å². The minimum atomic E-state index is 0.721. The maximum absolute atomic E-state index is 5.80. The average molecular weight is 180 g/mol. The molecule has 12 heavy (non-hydrogen) atoms. The summed E-state index contributed by atoms with van der Waals surface area (Å²) < 4.78 is 0. The summed E-state index contributed by atoms with van der Waals surface area (Å²) >= 11 is 5.80. The number of hydrogen-bond donors (Lipinski definition) is 0. The van der Waals surface area contributed by atoms with Crippen LogP contribution in [0.5, 0.6) is 0 Å². The molecular formula is C10H10ClN. The fraction of sp³-hybridized carbons (Fsp3) is 0.100. The van der Waals surface area contributed by atoms with Crippen molar-refractivity contribution in [1.82, 2.24) is 0 Å². The molecule has 0 heterocycles. The minimum absolute atomic E-state index is 0.721. The summed E-state index contributed by atoms with van der Waals surface area (Å²) in [6.07, 6.45) is 3.55. The van der Waals surface area contributed by atoms with Crippen molar-refractivity contribution in [1.29, 1.82) is 0 Å². The molecule has 0 spiro atoms. The Morgan fingerprint density at radius 1 is 1.42 bits per heavy atom. The first-order chi connectivity index (χ1) is 5.77.